The number of sulfonamides is 1. The predicted molar refractivity (Wildman–Crippen MR) is 82.6 cm³/mol. The normalized spacial score (nSPS) is 11.4. The van der Waals surface area contributed by atoms with Crippen LogP contribution in [0.15, 0.2) is 33.7 Å². The number of rotatable bonds is 6. The molecule has 7 nitrogen and oxygen atoms in total. The van der Waals surface area contributed by atoms with E-state index >= 15 is 0 Å². The van der Waals surface area contributed by atoms with Crippen LogP contribution in [0.3, 0.4) is 0 Å². The molecule has 0 aliphatic heterocycles. The quantitative estimate of drug-likeness (QED) is 0.636. The van der Waals surface area contributed by atoms with Gasteiger partial charge in [-0.2, -0.15) is 4.72 Å². The van der Waals surface area contributed by atoms with E-state index < -0.39 is 22.5 Å². The molecule has 2 aromatic rings. The molecule has 0 saturated carbocycles. The highest BCUT2D eigenvalue weighted by Gasteiger charge is 2.24. The molecule has 124 valence electrons. The van der Waals surface area contributed by atoms with Gasteiger partial charge in [0.1, 0.15) is 22.9 Å². The van der Waals surface area contributed by atoms with E-state index in [2.05, 4.69) is 9.88 Å². The minimum Gasteiger partial charge on any atom is -0.426 e. The van der Waals surface area contributed by atoms with Crippen molar-refractivity contribution in [3.05, 3.63) is 41.3 Å². The van der Waals surface area contributed by atoms with Crippen LogP contribution in [-0.2, 0) is 21.2 Å². The van der Waals surface area contributed by atoms with Crippen LogP contribution in [0.25, 0.3) is 0 Å². The minimum absolute atomic E-state index is 0.0571. The van der Waals surface area contributed by atoms with Crippen LogP contribution < -0.4 is 9.46 Å². The molecule has 1 N–H and O–H groups in total. The highest BCUT2D eigenvalue weighted by atomic mass is 32.2. The summed E-state index contributed by atoms with van der Waals surface area (Å²) in [4.78, 5) is 11.8. The van der Waals surface area contributed by atoms with E-state index in [0.29, 0.717) is 5.75 Å². The van der Waals surface area contributed by atoms with Crippen molar-refractivity contribution in [2.45, 2.75) is 32.1 Å². The van der Waals surface area contributed by atoms with Gasteiger partial charge in [0.25, 0.3) is 0 Å². The molecular formula is C15H18N2O5S. The Morgan fingerprint density at radius 2 is 2.09 bits per heavy atom. The maximum absolute atomic E-state index is 12.2. The molecule has 2 rings (SSSR count). The van der Waals surface area contributed by atoms with Crippen molar-refractivity contribution in [3.63, 3.8) is 0 Å². The molecule has 1 aromatic heterocycles. The third-order valence-corrected chi connectivity index (χ3v) is 4.83. The zero-order valence-electron chi connectivity index (χ0n) is 13.1. The minimum atomic E-state index is -3.89. The largest absolute Gasteiger partial charge is 0.426 e. The van der Waals surface area contributed by atoms with Gasteiger partial charge in [0, 0.05) is 0 Å². The summed E-state index contributed by atoms with van der Waals surface area (Å²) in [6.07, 6.45) is 0.810. The van der Waals surface area contributed by atoms with Crippen LogP contribution in [0.5, 0.6) is 5.75 Å². The average Bonchev–Trinajstić information content (AvgIpc) is 2.85. The number of carbonyl (C=O) groups excluding carboxylic acids is 1. The van der Waals surface area contributed by atoms with Gasteiger partial charge < -0.3 is 9.26 Å². The van der Waals surface area contributed by atoms with Gasteiger partial charge in [-0.3, -0.25) is 4.79 Å². The first-order chi connectivity index (χ1) is 10.8. The molecule has 8 heteroatoms. The number of hydrogen-bond acceptors (Lipinski definition) is 6. The van der Waals surface area contributed by atoms with Crippen LogP contribution in [-0.4, -0.2) is 26.1 Å². The van der Waals surface area contributed by atoms with Crippen LogP contribution in [0, 0.1) is 13.8 Å². The second-order valence-corrected chi connectivity index (χ2v) is 6.66. The SMILES string of the molecule is CCc1cccc(OC(=O)CNS(=O)(=O)c2c(C)noc2C)c1. The van der Waals surface area contributed by atoms with Crippen molar-refractivity contribution in [2.75, 3.05) is 6.54 Å². The van der Waals surface area contributed by atoms with Gasteiger partial charge in [0.2, 0.25) is 10.0 Å². The lowest BCUT2D eigenvalue weighted by atomic mass is 10.2. The fraction of sp³-hybridized carbons (Fsp3) is 0.333. The molecule has 0 spiro atoms. The van der Waals surface area contributed by atoms with E-state index in [4.69, 9.17) is 9.26 Å². The Morgan fingerprint density at radius 1 is 1.35 bits per heavy atom. The average molecular weight is 338 g/mol. The summed E-state index contributed by atoms with van der Waals surface area (Å²) >= 11 is 0. The molecule has 0 radical (unpaired) electrons. The van der Waals surface area contributed by atoms with Crippen molar-refractivity contribution in [2.24, 2.45) is 0 Å². The van der Waals surface area contributed by atoms with Crippen LogP contribution in [0.1, 0.15) is 23.9 Å². The fourth-order valence-corrected chi connectivity index (χ4v) is 3.37. The molecule has 0 fully saturated rings. The Morgan fingerprint density at radius 3 is 2.70 bits per heavy atom. The molecule has 0 amide bonds. The summed E-state index contributed by atoms with van der Waals surface area (Å²) in [5.74, 6) is -0.154. The Labute approximate surface area is 134 Å². The number of benzene rings is 1. The lowest BCUT2D eigenvalue weighted by molar-refractivity contribution is -0.133. The van der Waals surface area contributed by atoms with E-state index in [1.165, 1.54) is 13.8 Å². The predicted octanol–water partition coefficient (Wildman–Crippen LogP) is 1.74. The fourth-order valence-electron chi connectivity index (χ4n) is 2.08. The number of carbonyl (C=O) groups is 1. The maximum Gasteiger partial charge on any atom is 0.326 e. The number of esters is 1. The summed E-state index contributed by atoms with van der Waals surface area (Å²) < 4.78 is 36.5. The standard InChI is InChI=1S/C15H18N2O5S/c1-4-12-6-5-7-13(8-12)21-14(18)9-16-23(19,20)15-10(2)17-22-11(15)3/h5-8,16H,4,9H2,1-3H3. The molecule has 0 saturated heterocycles. The molecule has 1 heterocycles. The van der Waals surface area contributed by atoms with Crippen molar-refractivity contribution in [1.82, 2.24) is 9.88 Å². The Bertz CT molecular complexity index is 792. The number of nitrogens with zero attached hydrogens (tertiary/aromatic N) is 1. The summed E-state index contributed by atoms with van der Waals surface area (Å²) in [6, 6.07) is 7.06. The van der Waals surface area contributed by atoms with Gasteiger partial charge in [-0.25, -0.2) is 8.42 Å². The zero-order valence-corrected chi connectivity index (χ0v) is 13.9. The number of hydrogen-bond donors (Lipinski definition) is 1. The molecule has 0 unspecified atom stereocenters. The number of aryl methyl sites for hydroxylation is 3. The molecule has 0 atom stereocenters. The van der Waals surface area contributed by atoms with E-state index in [0.717, 1.165) is 12.0 Å². The third-order valence-electron chi connectivity index (χ3n) is 3.18. The first-order valence-corrected chi connectivity index (χ1v) is 8.54. The van der Waals surface area contributed by atoms with E-state index in [9.17, 15) is 13.2 Å². The number of ether oxygens (including phenoxy) is 1. The zero-order chi connectivity index (χ0) is 17.0. The van der Waals surface area contributed by atoms with Crippen molar-refractivity contribution < 1.29 is 22.5 Å². The van der Waals surface area contributed by atoms with Gasteiger partial charge >= 0.3 is 5.97 Å². The highest BCUT2D eigenvalue weighted by molar-refractivity contribution is 7.89. The van der Waals surface area contributed by atoms with Crippen molar-refractivity contribution in [3.8, 4) is 5.75 Å². The second-order valence-electron chi connectivity index (χ2n) is 4.95. The topological polar surface area (TPSA) is 98.5 Å². The summed E-state index contributed by atoms with van der Waals surface area (Å²) in [5, 5.41) is 3.59. The van der Waals surface area contributed by atoms with E-state index in [1.54, 1.807) is 18.2 Å². The Hall–Kier alpha value is -2.19. The maximum atomic E-state index is 12.2. The van der Waals surface area contributed by atoms with Crippen LogP contribution >= 0.6 is 0 Å². The second kappa shape index (κ2) is 6.93. The van der Waals surface area contributed by atoms with E-state index in [1.807, 2.05) is 13.0 Å². The number of nitrogens with one attached hydrogen (secondary N) is 1. The van der Waals surface area contributed by atoms with Gasteiger partial charge in [-0.05, 0) is 38.0 Å². The Balaban J connectivity index is 2.01. The van der Waals surface area contributed by atoms with Crippen molar-refractivity contribution in [1.29, 1.82) is 0 Å². The third kappa shape index (κ3) is 4.17. The molecule has 1 aromatic carbocycles. The lowest BCUT2D eigenvalue weighted by Crippen LogP contribution is -2.32. The smallest absolute Gasteiger partial charge is 0.326 e. The van der Waals surface area contributed by atoms with Gasteiger partial charge in [0.05, 0.1) is 0 Å². The molecule has 0 aliphatic carbocycles. The van der Waals surface area contributed by atoms with E-state index in [-0.39, 0.29) is 16.3 Å². The van der Waals surface area contributed by atoms with Gasteiger partial charge in [-0.15, -0.1) is 0 Å². The summed E-state index contributed by atoms with van der Waals surface area (Å²) in [5.41, 5.74) is 1.26. The van der Waals surface area contributed by atoms with Crippen molar-refractivity contribution >= 4 is 16.0 Å². The first-order valence-electron chi connectivity index (χ1n) is 7.05. The van der Waals surface area contributed by atoms with Crippen LogP contribution in [0.4, 0.5) is 0 Å². The molecule has 0 bridgehead atoms. The lowest BCUT2D eigenvalue weighted by Gasteiger charge is -2.07. The Kier molecular flexibility index (Phi) is 5.17. The van der Waals surface area contributed by atoms with Gasteiger partial charge in [-0.1, -0.05) is 24.2 Å². The molecule has 23 heavy (non-hydrogen) atoms. The molecular weight excluding hydrogens is 320 g/mol. The first kappa shape index (κ1) is 17.2. The van der Waals surface area contributed by atoms with Crippen LogP contribution in [0.2, 0.25) is 0 Å². The summed E-state index contributed by atoms with van der Waals surface area (Å²) in [7, 11) is -3.89. The highest BCUT2D eigenvalue weighted by Crippen LogP contribution is 2.18. The number of aromatic nitrogens is 1. The van der Waals surface area contributed by atoms with Gasteiger partial charge in [0.15, 0.2) is 5.76 Å². The monoisotopic (exact) mass is 338 g/mol. The molecule has 0 aliphatic rings. The summed E-state index contributed by atoms with van der Waals surface area (Å²) in [6.45, 7) is 4.50.